The standard InChI is InChI=1S/C25H30FN3O5/c1-25(2,3)34-21(31)14-18(20(30)15-26)28-23(32)19-10-6-7-13-29(19)24(33)22-17-9-5-4-8-16(17)11-12-27-22/h4-5,8-9,11-12,18-19H,6-7,10,13-15H2,1-3H3,(H,28,32)/t18-,19-/m0/s1. The maximum atomic E-state index is 13.4. The van der Waals surface area contributed by atoms with Crippen LogP contribution in [0.4, 0.5) is 4.39 Å². The van der Waals surface area contributed by atoms with Crippen molar-refractivity contribution in [3.63, 3.8) is 0 Å². The molecule has 2 aromatic rings. The van der Waals surface area contributed by atoms with Crippen molar-refractivity contribution in [2.45, 2.75) is 64.1 Å². The average molecular weight is 472 g/mol. The predicted molar refractivity (Wildman–Crippen MR) is 124 cm³/mol. The van der Waals surface area contributed by atoms with Crippen LogP contribution in [0, 0.1) is 0 Å². The Bertz CT molecular complexity index is 1080. The molecule has 8 nitrogen and oxygen atoms in total. The van der Waals surface area contributed by atoms with Gasteiger partial charge in [0, 0.05) is 18.1 Å². The first-order valence-corrected chi connectivity index (χ1v) is 11.4. The predicted octanol–water partition coefficient (Wildman–Crippen LogP) is 2.98. The second-order valence-corrected chi connectivity index (χ2v) is 9.34. The summed E-state index contributed by atoms with van der Waals surface area (Å²) in [6.07, 6.45) is 2.86. The fourth-order valence-corrected chi connectivity index (χ4v) is 4.03. The highest BCUT2D eigenvalue weighted by atomic mass is 19.1. The smallest absolute Gasteiger partial charge is 0.308 e. The zero-order valence-electron chi connectivity index (χ0n) is 19.7. The number of hydrogen-bond donors (Lipinski definition) is 1. The number of pyridine rings is 1. The van der Waals surface area contributed by atoms with Crippen molar-refractivity contribution >= 4 is 34.3 Å². The van der Waals surface area contributed by atoms with Gasteiger partial charge >= 0.3 is 5.97 Å². The molecule has 0 spiro atoms. The van der Waals surface area contributed by atoms with E-state index in [-0.39, 0.29) is 5.69 Å². The van der Waals surface area contributed by atoms with Gasteiger partial charge in [-0.05, 0) is 51.5 Å². The lowest BCUT2D eigenvalue weighted by atomic mass is 9.99. The molecule has 0 aliphatic carbocycles. The number of fused-ring (bicyclic) bond motifs is 1. The number of halogens is 1. The Morgan fingerprint density at radius 3 is 2.62 bits per heavy atom. The van der Waals surface area contributed by atoms with Crippen molar-refractivity contribution in [2.75, 3.05) is 13.2 Å². The van der Waals surface area contributed by atoms with Crippen LogP contribution in [0.25, 0.3) is 10.8 Å². The van der Waals surface area contributed by atoms with E-state index >= 15 is 0 Å². The van der Waals surface area contributed by atoms with Crippen LogP contribution in [0.5, 0.6) is 0 Å². The van der Waals surface area contributed by atoms with E-state index in [2.05, 4.69) is 10.3 Å². The number of rotatable bonds is 7. The molecule has 0 radical (unpaired) electrons. The lowest BCUT2D eigenvalue weighted by Gasteiger charge is -2.35. The Hall–Kier alpha value is -3.36. The molecule has 1 saturated heterocycles. The van der Waals surface area contributed by atoms with Crippen LogP contribution in [0.1, 0.15) is 56.9 Å². The van der Waals surface area contributed by atoms with E-state index in [0.29, 0.717) is 31.2 Å². The summed E-state index contributed by atoms with van der Waals surface area (Å²) in [4.78, 5) is 56.6. The number of carbonyl (C=O) groups is 4. The van der Waals surface area contributed by atoms with Crippen molar-refractivity contribution in [3.05, 3.63) is 42.2 Å². The number of ether oxygens (including phenoxy) is 1. The third-order valence-corrected chi connectivity index (χ3v) is 5.57. The van der Waals surface area contributed by atoms with E-state index in [9.17, 15) is 23.6 Å². The van der Waals surface area contributed by atoms with E-state index in [1.54, 1.807) is 39.1 Å². The zero-order valence-corrected chi connectivity index (χ0v) is 19.7. The van der Waals surface area contributed by atoms with Gasteiger partial charge in [-0.2, -0.15) is 0 Å². The number of hydrogen-bond acceptors (Lipinski definition) is 6. The van der Waals surface area contributed by atoms with Crippen LogP contribution in [-0.2, 0) is 19.1 Å². The summed E-state index contributed by atoms with van der Waals surface area (Å²) < 4.78 is 18.4. The largest absolute Gasteiger partial charge is 0.460 e. The van der Waals surface area contributed by atoms with E-state index in [1.807, 2.05) is 18.2 Å². The molecule has 2 heterocycles. The molecule has 182 valence electrons. The van der Waals surface area contributed by atoms with Gasteiger partial charge in [0.25, 0.3) is 5.91 Å². The van der Waals surface area contributed by atoms with Crippen molar-refractivity contribution in [3.8, 4) is 0 Å². The van der Waals surface area contributed by atoms with Crippen LogP contribution < -0.4 is 5.32 Å². The Kier molecular flexibility index (Phi) is 7.96. The van der Waals surface area contributed by atoms with Crippen molar-refractivity contribution < 1.29 is 28.3 Å². The Labute approximate surface area is 197 Å². The molecule has 1 N–H and O–H groups in total. The van der Waals surface area contributed by atoms with Gasteiger partial charge in [0.05, 0.1) is 6.42 Å². The van der Waals surface area contributed by atoms with Crippen molar-refractivity contribution in [2.24, 2.45) is 0 Å². The summed E-state index contributed by atoms with van der Waals surface area (Å²) >= 11 is 0. The first kappa shape index (κ1) is 25.3. The van der Waals surface area contributed by atoms with Crippen LogP contribution in [0.15, 0.2) is 36.5 Å². The third kappa shape index (κ3) is 6.15. The molecular weight excluding hydrogens is 441 g/mol. The van der Waals surface area contributed by atoms with Gasteiger partial charge in [-0.15, -0.1) is 0 Å². The molecule has 0 unspecified atom stereocenters. The number of likely N-dealkylation sites (tertiary alicyclic amines) is 1. The van der Waals surface area contributed by atoms with E-state index in [1.165, 1.54) is 4.90 Å². The summed E-state index contributed by atoms with van der Waals surface area (Å²) in [5.41, 5.74) is -0.550. The number of benzene rings is 1. The Balaban J connectivity index is 1.80. The number of carbonyl (C=O) groups excluding carboxylic acids is 4. The summed E-state index contributed by atoms with van der Waals surface area (Å²) in [7, 11) is 0. The number of nitrogens with zero attached hydrogens (tertiary/aromatic N) is 2. The minimum Gasteiger partial charge on any atom is -0.460 e. The molecule has 1 aliphatic rings. The first-order valence-electron chi connectivity index (χ1n) is 11.4. The normalized spacial score (nSPS) is 17.2. The lowest BCUT2D eigenvalue weighted by Crippen LogP contribution is -2.55. The van der Waals surface area contributed by atoms with Crippen LogP contribution >= 0.6 is 0 Å². The quantitative estimate of drug-likeness (QED) is 0.623. The van der Waals surface area contributed by atoms with Gasteiger partial charge in [0.1, 0.15) is 30.1 Å². The summed E-state index contributed by atoms with van der Waals surface area (Å²) in [5, 5.41) is 4.01. The minimum atomic E-state index is -1.37. The monoisotopic (exact) mass is 471 g/mol. The van der Waals surface area contributed by atoms with Gasteiger partial charge in [-0.1, -0.05) is 24.3 Å². The molecule has 1 aliphatic heterocycles. The molecule has 1 fully saturated rings. The molecule has 2 amide bonds. The molecule has 3 rings (SSSR count). The number of amides is 2. The van der Waals surface area contributed by atoms with Crippen LogP contribution in [0.2, 0.25) is 0 Å². The SMILES string of the molecule is CC(C)(C)OC(=O)C[C@H](NC(=O)[C@@H]1CCCCN1C(=O)c1nccc2ccccc12)C(=O)CF. The zero-order chi connectivity index (χ0) is 24.9. The fraction of sp³-hybridized carbons (Fsp3) is 0.480. The molecule has 2 atom stereocenters. The molecule has 1 aromatic carbocycles. The molecule has 1 aromatic heterocycles. The number of nitrogens with one attached hydrogen (secondary N) is 1. The molecule has 9 heteroatoms. The van der Waals surface area contributed by atoms with E-state index < -0.39 is 54.3 Å². The number of alkyl halides is 1. The number of ketones is 1. The first-order chi connectivity index (χ1) is 16.1. The number of aromatic nitrogens is 1. The van der Waals surface area contributed by atoms with Crippen molar-refractivity contribution in [1.82, 2.24) is 15.2 Å². The molecule has 0 bridgehead atoms. The average Bonchev–Trinajstić information content (AvgIpc) is 2.81. The highest BCUT2D eigenvalue weighted by molar-refractivity contribution is 6.06. The molecule has 0 saturated carbocycles. The van der Waals surface area contributed by atoms with Gasteiger partial charge in [0.15, 0.2) is 5.78 Å². The number of esters is 1. The lowest BCUT2D eigenvalue weighted by molar-refractivity contribution is -0.156. The second kappa shape index (κ2) is 10.7. The van der Waals surface area contributed by atoms with Crippen LogP contribution in [0.3, 0.4) is 0 Å². The molecular formula is C25H30FN3O5. The Morgan fingerprint density at radius 2 is 1.91 bits per heavy atom. The number of Topliss-reactive ketones (excluding diaryl/α,β-unsaturated/α-hetero) is 1. The van der Waals surface area contributed by atoms with E-state index in [4.69, 9.17) is 4.74 Å². The summed E-state index contributed by atoms with van der Waals surface area (Å²) in [5.74, 6) is -2.65. The van der Waals surface area contributed by atoms with Gasteiger partial charge < -0.3 is 15.0 Å². The maximum Gasteiger partial charge on any atom is 0.308 e. The highest BCUT2D eigenvalue weighted by Gasteiger charge is 2.36. The second-order valence-electron chi connectivity index (χ2n) is 9.34. The maximum absolute atomic E-state index is 13.4. The van der Waals surface area contributed by atoms with Gasteiger partial charge in [-0.3, -0.25) is 24.2 Å². The topological polar surface area (TPSA) is 106 Å². The Morgan fingerprint density at radius 1 is 1.18 bits per heavy atom. The highest BCUT2D eigenvalue weighted by Crippen LogP contribution is 2.23. The number of piperidine rings is 1. The van der Waals surface area contributed by atoms with Crippen LogP contribution in [-0.4, -0.2) is 64.4 Å². The molecule has 34 heavy (non-hydrogen) atoms. The third-order valence-electron chi connectivity index (χ3n) is 5.57. The fourth-order valence-electron chi connectivity index (χ4n) is 4.03. The van der Waals surface area contributed by atoms with Gasteiger partial charge in [0.2, 0.25) is 5.91 Å². The van der Waals surface area contributed by atoms with Crippen molar-refractivity contribution in [1.29, 1.82) is 0 Å². The van der Waals surface area contributed by atoms with Gasteiger partial charge in [-0.25, -0.2) is 4.39 Å². The minimum absolute atomic E-state index is 0.239. The summed E-state index contributed by atoms with van der Waals surface area (Å²) in [6, 6.07) is 6.91. The van der Waals surface area contributed by atoms with E-state index in [0.717, 1.165) is 5.39 Å². The summed E-state index contributed by atoms with van der Waals surface area (Å²) in [6.45, 7) is 4.02.